The molecule has 1 unspecified atom stereocenters. The van der Waals surface area contributed by atoms with Crippen LogP contribution in [0.2, 0.25) is 0 Å². The van der Waals surface area contributed by atoms with Crippen molar-refractivity contribution in [2.24, 2.45) is 5.92 Å². The number of thioether (sulfide) groups is 1. The summed E-state index contributed by atoms with van der Waals surface area (Å²) in [5.74, 6) is -0.0765. The average molecular weight is 371 g/mol. The molecule has 0 bridgehead atoms. The van der Waals surface area contributed by atoms with Crippen molar-refractivity contribution in [2.45, 2.75) is 11.3 Å². The minimum atomic E-state index is -0.397. The zero-order chi connectivity index (χ0) is 18.7. The third-order valence-corrected chi connectivity index (χ3v) is 5.12. The molecule has 1 saturated heterocycles. The van der Waals surface area contributed by atoms with Crippen LogP contribution in [-0.4, -0.2) is 31.7 Å². The number of carbonyl (C=O) groups is 2. The lowest BCUT2D eigenvalue weighted by atomic mass is 10.1. The van der Waals surface area contributed by atoms with Crippen LogP contribution in [0.4, 0.5) is 17.1 Å². The summed E-state index contributed by atoms with van der Waals surface area (Å²) in [5.41, 5.74) is 7.72. The van der Waals surface area contributed by atoms with Gasteiger partial charge in [0.05, 0.1) is 18.7 Å². The van der Waals surface area contributed by atoms with Crippen LogP contribution in [0.3, 0.4) is 0 Å². The molecule has 0 saturated carbocycles. The van der Waals surface area contributed by atoms with Gasteiger partial charge >= 0.3 is 0 Å². The number of methoxy groups -OCH3 is 1. The zero-order valence-electron chi connectivity index (χ0n) is 14.7. The molecule has 6 nitrogen and oxygen atoms in total. The van der Waals surface area contributed by atoms with Crippen molar-refractivity contribution in [3.05, 3.63) is 42.5 Å². The summed E-state index contributed by atoms with van der Waals surface area (Å²) in [5, 5.41) is 2.83. The van der Waals surface area contributed by atoms with Gasteiger partial charge in [-0.15, -0.1) is 11.8 Å². The molecule has 1 fully saturated rings. The topological polar surface area (TPSA) is 84.7 Å². The molecule has 1 atom stereocenters. The summed E-state index contributed by atoms with van der Waals surface area (Å²) in [6.07, 6.45) is 2.20. The summed E-state index contributed by atoms with van der Waals surface area (Å²) < 4.78 is 5.11. The predicted molar refractivity (Wildman–Crippen MR) is 105 cm³/mol. The van der Waals surface area contributed by atoms with Crippen LogP contribution >= 0.6 is 11.8 Å². The number of nitrogens with one attached hydrogen (secondary N) is 1. The van der Waals surface area contributed by atoms with Gasteiger partial charge < -0.3 is 20.7 Å². The Hall–Kier alpha value is -2.67. The second-order valence-electron chi connectivity index (χ2n) is 6.05. The summed E-state index contributed by atoms with van der Waals surface area (Å²) in [7, 11) is 1.54. The Labute approximate surface area is 156 Å². The van der Waals surface area contributed by atoms with Gasteiger partial charge in [0.25, 0.3) is 0 Å². The molecule has 1 aliphatic heterocycles. The van der Waals surface area contributed by atoms with E-state index in [0.29, 0.717) is 23.7 Å². The highest BCUT2D eigenvalue weighted by Gasteiger charge is 2.35. The smallest absolute Gasteiger partial charge is 0.229 e. The Kier molecular flexibility index (Phi) is 5.37. The zero-order valence-corrected chi connectivity index (χ0v) is 15.5. The van der Waals surface area contributed by atoms with Crippen molar-refractivity contribution in [3.8, 4) is 5.75 Å². The molecule has 0 radical (unpaired) electrons. The molecule has 0 aromatic heterocycles. The molecule has 2 amide bonds. The number of rotatable bonds is 5. The lowest BCUT2D eigenvalue weighted by molar-refractivity contribution is -0.122. The standard InChI is InChI=1S/C19H21N3O3S/c1-25-17-8-3-13(10-16(17)20)21-19(24)12-9-18(23)22(11-12)14-4-6-15(26-2)7-5-14/h3-8,10,12H,9,11,20H2,1-2H3,(H,21,24). The number of carbonyl (C=O) groups excluding carboxylic acids is 2. The molecule has 0 aliphatic carbocycles. The van der Waals surface area contributed by atoms with E-state index in [4.69, 9.17) is 10.5 Å². The number of anilines is 3. The van der Waals surface area contributed by atoms with E-state index in [9.17, 15) is 9.59 Å². The maximum absolute atomic E-state index is 12.5. The van der Waals surface area contributed by atoms with E-state index < -0.39 is 5.92 Å². The molecule has 3 rings (SSSR count). The van der Waals surface area contributed by atoms with E-state index in [0.717, 1.165) is 10.6 Å². The lowest BCUT2D eigenvalue weighted by Crippen LogP contribution is -2.28. The third-order valence-electron chi connectivity index (χ3n) is 4.38. The van der Waals surface area contributed by atoms with E-state index in [2.05, 4.69) is 5.32 Å². The van der Waals surface area contributed by atoms with Gasteiger partial charge in [-0.1, -0.05) is 0 Å². The molecule has 1 heterocycles. The fourth-order valence-corrected chi connectivity index (χ4v) is 3.36. The van der Waals surface area contributed by atoms with Gasteiger partial charge in [0.2, 0.25) is 11.8 Å². The highest BCUT2D eigenvalue weighted by Crippen LogP contribution is 2.29. The molecular weight excluding hydrogens is 350 g/mol. The molecule has 26 heavy (non-hydrogen) atoms. The number of nitrogen functional groups attached to an aromatic ring is 1. The minimum Gasteiger partial charge on any atom is -0.495 e. The Bertz CT molecular complexity index is 823. The summed E-state index contributed by atoms with van der Waals surface area (Å²) >= 11 is 1.64. The first-order valence-corrected chi connectivity index (χ1v) is 9.43. The number of nitrogens with zero attached hydrogens (tertiary/aromatic N) is 1. The van der Waals surface area contributed by atoms with Crippen LogP contribution in [-0.2, 0) is 9.59 Å². The van der Waals surface area contributed by atoms with Crippen molar-refractivity contribution >= 4 is 40.6 Å². The van der Waals surface area contributed by atoms with E-state index >= 15 is 0 Å². The SMILES string of the molecule is COc1ccc(NC(=O)C2CC(=O)N(c3ccc(SC)cc3)C2)cc1N. The van der Waals surface area contributed by atoms with Crippen molar-refractivity contribution in [1.82, 2.24) is 0 Å². The van der Waals surface area contributed by atoms with Gasteiger partial charge in [0, 0.05) is 29.2 Å². The number of amides is 2. The largest absolute Gasteiger partial charge is 0.495 e. The van der Waals surface area contributed by atoms with Crippen molar-refractivity contribution in [2.75, 3.05) is 35.9 Å². The van der Waals surface area contributed by atoms with E-state index in [1.807, 2.05) is 30.5 Å². The second-order valence-corrected chi connectivity index (χ2v) is 6.93. The van der Waals surface area contributed by atoms with E-state index in [1.165, 1.54) is 7.11 Å². The average Bonchev–Trinajstić information content (AvgIpc) is 3.04. The monoisotopic (exact) mass is 371 g/mol. The first kappa shape index (κ1) is 18.1. The van der Waals surface area contributed by atoms with Crippen LogP contribution in [0.1, 0.15) is 6.42 Å². The molecule has 1 aliphatic rings. The van der Waals surface area contributed by atoms with E-state index in [-0.39, 0.29) is 18.2 Å². The van der Waals surface area contributed by atoms with Crippen molar-refractivity contribution in [1.29, 1.82) is 0 Å². The quantitative estimate of drug-likeness (QED) is 0.623. The molecule has 7 heteroatoms. The molecule has 0 spiro atoms. The molecule has 2 aromatic rings. The number of benzene rings is 2. The summed E-state index contributed by atoms with van der Waals surface area (Å²) in [4.78, 5) is 27.7. The number of nitrogens with two attached hydrogens (primary N) is 1. The van der Waals surface area contributed by atoms with Gasteiger partial charge in [0.15, 0.2) is 0 Å². The third kappa shape index (κ3) is 3.77. The summed E-state index contributed by atoms with van der Waals surface area (Å²) in [6, 6.07) is 12.8. The Morgan fingerprint density at radius 2 is 2.00 bits per heavy atom. The van der Waals surface area contributed by atoms with Gasteiger partial charge in [-0.05, 0) is 48.7 Å². The van der Waals surface area contributed by atoms with Crippen LogP contribution in [0.15, 0.2) is 47.4 Å². The number of hydrogen-bond donors (Lipinski definition) is 2. The van der Waals surface area contributed by atoms with Crippen molar-refractivity contribution in [3.63, 3.8) is 0 Å². The predicted octanol–water partition coefficient (Wildman–Crippen LogP) is 2.99. The minimum absolute atomic E-state index is 0.0451. The van der Waals surface area contributed by atoms with Crippen molar-refractivity contribution < 1.29 is 14.3 Å². The first-order valence-electron chi connectivity index (χ1n) is 8.20. The van der Waals surface area contributed by atoms with Crippen LogP contribution in [0.25, 0.3) is 0 Å². The molecule has 2 aromatic carbocycles. The fourth-order valence-electron chi connectivity index (χ4n) is 2.95. The first-order chi connectivity index (χ1) is 12.5. The Balaban J connectivity index is 1.67. The number of ether oxygens (including phenoxy) is 1. The normalized spacial score (nSPS) is 16.6. The molecule has 136 valence electrons. The van der Waals surface area contributed by atoms with Crippen LogP contribution in [0, 0.1) is 5.92 Å². The lowest BCUT2D eigenvalue weighted by Gasteiger charge is -2.17. The second kappa shape index (κ2) is 7.70. The van der Waals surface area contributed by atoms with Gasteiger partial charge in [-0.2, -0.15) is 0 Å². The van der Waals surface area contributed by atoms with Gasteiger partial charge in [-0.3, -0.25) is 9.59 Å². The van der Waals surface area contributed by atoms with Gasteiger partial charge in [0.1, 0.15) is 5.75 Å². The maximum atomic E-state index is 12.5. The van der Waals surface area contributed by atoms with Gasteiger partial charge in [-0.25, -0.2) is 0 Å². The Morgan fingerprint density at radius 3 is 2.62 bits per heavy atom. The van der Waals surface area contributed by atoms with Crippen LogP contribution in [0.5, 0.6) is 5.75 Å². The molecule has 3 N–H and O–H groups in total. The molecular formula is C19H21N3O3S. The Morgan fingerprint density at radius 1 is 1.27 bits per heavy atom. The highest BCUT2D eigenvalue weighted by atomic mass is 32.2. The fraction of sp³-hybridized carbons (Fsp3) is 0.263. The maximum Gasteiger partial charge on any atom is 0.229 e. The highest BCUT2D eigenvalue weighted by molar-refractivity contribution is 7.98. The van der Waals surface area contributed by atoms with Crippen LogP contribution < -0.4 is 20.7 Å². The number of hydrogen-bond acceptors (Lipinski definition) is 5. The summed E-state index contributed by atoms with van der Waals surface area (Å²) in [6.45, 7) is 0.370. The van der Waals surface area contributed by atoms with E-state index in [1.54, 1.807) is 34.9 Å².